The molecule has 0 saturated carbocycles. The molecule has 1 unspecified atom stereocenters. The number of benzene rings is 1. The second kappa shape index (κ2) is 3.24. The van der Waals surface area contributed by atoms with Crippen LogP contribution in [0.5, 0.6) is 0 Å². The predicted octanol–water partition coefficient (Wildman–Crippen LogP) is 2.19. The summed E-state index contributed by atoms with van der Waals surface area (Å²) < 4.78 is -0.613. The number of hydrogen-bond acceptors (Lipinski definition) is 2. The molecule has 1 aromatic rings. The highest BCUT2D eigenvalue weighted by molar-refractivity contribution is 8.02. The molecule has 1 atom stereocenters. The molecule has 0 radical (unpaired) electrons. The van der Waals surface area contributed by atoms with E-state index in [1.165, 1.54) is 11.8 Å². The number of alkyl halides is 1. The Kier molecular flexibility index (Phi) is 2.22. The third kappa shape index (κ3) is 1.98. The van der Waals surface area contributed by atoms with Gasteiger partial charge in [-0.25, -0.2) is 0 Å². The Balaban J connectivity index is 2.03. The maximum absolute atomic E-state index is 10.7. The van der Waals surface area contributed by atoms with Crippen molar-refractivity contribution >= 4 is 29.3 Å². The SMILES string of the molecule is O=C1CC(Cl)(Sc2ccccc2)N1. The fraction of sp³-hybridized carbons (Fsp3) is 0.222. The average Bonchev–Trinajstić information content (AvgIpc) is 2.03. The minimum absolute atomic E-state index is 0.0124. The second-order valence-corrected chi connectivity index (χ2v) is 5.11. The number of rotatable bonds is 2. The molecule has 13 heavy (non-hydrogen) atoms. The van der Waals surface area contributed by atoms with Crippen LogP contribution in [0.3, 0.4) is 0 Å². The lowest BCUT2D eigenvalue weighted by Gasteiger charge is -2.35. The highest BCUT2D eigenvalue weighted by Gasteiger charge is 2.41. The van der Waals surface area contributed by atoms with Gasteiger partial charge in [0.2, 0.25) is 5.91 Å². The zero-order valence-electron chi connectivity index (χ0n) is 6.79. The summed E-state index contributed by atoms with van der Waals surface area (Å²) in [6, 6.07) is 9.79. The quantitative estimate of drug-likeness (QED) is 0.464. The van der Waals surface area contributed by atoms with Crippen LogP contribution in [0.2, 0.25) is 0 Å². The predicted molar refractivity (Wildman–Crippen MR) is 53.6 cm³/mol. The maximum Gasteiger partial charge on any atom is 0.226 e. The molecule has 1 saturated heterocycles. The second-order valence-electron chi connectivity index (χ2n) is 2.87. The number of nitrogens with one attached hydrogen (secondary N) is 1. The van der Waals surface area contributed by atoms with Crippen molar-refractivity contribution in [3.05, 3.63) is 30.3 Å². The average molecular weight is 214 g/mol. The molecule has 0 aliphatic carbocycles. The normalized spacial score (nSPS) is 26.4. The molecule has 1 aliphatic rings. The lowest BCUT2D eigenvalue weighted by atomic mass is 10.3. The van der Waals surface area contributed by atoms with Crippen LogP contribution in [-0.2, 0) is 4.79 Å². The van der Waals surface area contributed by atoms with E-state index in [2.05, 4.69) is 5.32 Å². The molecule has 0 spiro atoms. The number of halogens is 1. The van der Waals surface area contributed by atoms with Gasteiger partial charge in [-0.3, -0.25) is 4.79 Å². The van der Waals surface area contributed by atoms with E-state index in [0.29, 0.717) is 6.42 Å². The fourth-order valence-corrected chi connectivity index (χ4v) is 2.66. The van der Waals surface area contributed by atoms with Gasteiger partial charge in [0, 0.05) is 4.90 Å². The van der Waals surface area contributed by atoms with Crippen molar-refractivity contribution < 1.29 is 4.79 Å². The van der Waals surface area contributed by atoms with Crippen LogP contribution in [0, 0.1) is 0 Å². The van der Waals surface area contributed by atoms with Crippen LogP contribution >= 0.6 is 23.4 Å². The fourth-order valence-electron chi connectivity index (χ4n) is 1.13. The molecule has 1 aliphatic heterocycles. The lowest BCUT2D eigenvalue weighted by molar-refractivity contribution is -0.127. The van der Waals surface area contributed by atoms with Crippen LogP contribution in [-0.4, -0.2) is 10.2 Å². The van der Waals surface area contributed by atoms with Crippen LogP contribution in [0.25, 0.3) is 0 Å². The van der Waals surface area contributed by atoms with Gasteiger partial charge in [0.1, 0.15) is 0 Å². The molecule has 1 fully saturated rings. The molecule has 0 bridgehead atoms. The van der Waals surface area contributed by atoms with Gasteiger partial charge < -0.3 is 5.32 Å². The Morgan fingerprint density at radius 1 is 1.38 bits per heavy atom. The Morgan fingerprint density at radius 3 is 2.54 bits per heavy atom. The maximum atomic E-state index is 10.7. The molecule has 1 amide bonds. The summed E-state index contributed by atoms with van der Waals surface area (Å²) in [4.78, 5) is 11.8. The molecule has 0 aromatic heterocycles. The first-order valence-electron chi connectivity index (χ1n) is 3.92. The molecule has 1 N–H and O–H groups in total. The molecule has 4 heteroatoms. The first-order chi connectivity index (χ1) is 6.18. The number of amides is 1. The van der Waals surface area contributed by atoms with E-state index in [1.54, 1.807) is 0 Å². The van der Waals surface area contributed by atoms with Gasteiger partial charge in [-0.2, -0.15) is 0 Å². The van der Waals surface area contributed by atoms with Crippen LogP contribution in [0.15, 0.2) is 35.2 Å². The van der Waals surface area contributed by atoms with Gasteiger partial charge in [-0.05, 0) is 12.1 Å². The number of β-lactam (4-membered cyclic amide) rings is 1. The van der Waals surface area contributed by atoms with Crippen molar-refractivity contribution in [1.29, 1.82) is 0 Å². The Labute approximate surface area is 85.7 Å². The van der Waals surface area contributed by atoms with Crippen LogP contribution in [0.4, 0.5) is 0 Å². The van der Waals surface area contributed by atoms with Gasteiger partial charge in [0.15, 0.2) is 4.33 Å². The number of thioether (sulfide) groups is 1. The minimum Gasteiger partial charge on any atom is -0.328 e. The highest BCUT2D eigenvalue weighted by atomic mass is 35.5. The summed E-state index contributed by atoms with van der Waals surface area (Å²) in [6.07, 6.45) is 0.383. The first-order valence-corrected chi connectivity index (χ1v) is 5.11. The van der Waals surface area contributed by atoms with Crippen molar-refractivity contribution in [3.8, 4) is 0 Å². The Morgan fingerprint density at radius 2 is 2.00 bits per heavy atom. The zero-order valence-corrected chi connectivity index (χ0v) is 8.36. The van der Waals surface area contributed by atoms with Gasteiger partial charge in [-0.1, -0.05) is 41.6 Å². The van der Waals surface area contributed by atoms with E-state index in [0.717, 1.165) is 4.90 Å². The highest BCUT2D eigenvalue weighted by Crippen LogP contribution is 2.41. The van der Waals surface area contributed by atoms with E-state index < -0.39 is 4.33 Å². The number of carbonyl (C=O) groups excluding carboxylic acids is 1. The van der Waals surface area contributed by atoms with E-state index in [9.17, 15) is 4.79 Å². The summed E-state index contributed by atoms with van der Waals surface area (Å²) in [5, 5.41) is 2.66. The number of hydrogen-bond donors (Lipinski definition) is 1. The van der Waals surface area contributed by atoms with Crippen molar-refractivity contribution in [2.24, 2.45) is 0 Å². The van der Waals surface area contributed by atoms with Gasteiger partial charge in [0.05, 0.1) is 6.42 Å². The lowest BCUT2D eigenvalue weighted by Crippen LogP contribution is -2.54. The Bertz CT molecular complexity index is 320. The van der Waals surface area contributed by atoms with E-state index >= 15 is 0 Å². The van der Waals surface area contributed by atoms with Crippen molar-refractivity contribution in [2.45, 2.75) is 15.6 Å². The molecular formula is C9H8ClNOS. The smallest absolute Gasteiger partial charge is 0.226 e. The van der Waals surface area contributed by atoms with Crippen LogP contribution < -0.4 is 5.32 Å². The minimum atomic E-state index is -0.613. The summed E-state index contributed by atoms with van der Waals surface area (Å²) in [7, 11) is 0. The van der Waals surface area contributed by atoms with Crippen molar-refractivity contribution in [2.75, 3.05) is 0 Å². The molecule has 68 valence electrons. The first kappa shape index (κ1) is 8.91. The molecule has 1 heterocycles. The Hall–Kier alpha value is -0.670. The van der Waals surface area contributed by atoms with Crippen LogP contribution in [0.1, 0.15) is 6.42 Å². The van der Waals surface area contributed by atoms with E-state index in [4.69, 9.17) is 11.6 Å². The molecule has 2 nitrogen and oxygen atoms in total. The third-order valence-electron chi connectivity index (χ3n) is 1.74. The standard InChI is InChI=1S/C9H8ClNOS/c10-9(6-8(12)11-9)13-7-4-2-1-3-5-7/h1-5H,6H2,(H,11,12). The van der Waals surface area contributed by atoms with Crippen molar-refractivity contribution in [3.63, 3.8) is 0 Å². The molecule has 2 rings (SSSR count). The van der Waals surface area contributed by atoms with Gasteiger partial charge in [0.25, 0.3) is 0 Å². The number of carbonyl (C=O) groups is 1. The summed E-state index contributed by atoms with van der Waals surface area (Å²) >= 11 is 7.54. The topological polar surface area (TPSA) is 29.1 Å². The van der Waals surface area contributed by atoms with Crippen molar-refractivity contribution in [1.82, 2.24) is 5.32 Å². The largest absolute Gasteiger partial charge is 0.328 e. The van der Waals surface area contributed by atoms with Gasteiger partial charge >= 0.3 is 0 Å². The van der Waals surface area contributed by atoms with E-state index in [-0.39, 0.29) is 5.91 Å². The third-order valence-corrected chi connectivity index (χ3v) is 3.27. The summed E-state index contributed by atoms with van der Waals surface area (Å²) in [5.41, 5.74) is 0. The van der Waals surface area contributed by atoms with E-state index in [1.807, 2.05) is 30.3 Å². The summed E-state index contributed by atoms with van der Waals surface area (Å²) in [5.74, 6) is 0.0124. The summed E-state index contributed by atoms with van der Waals surface area (Å²) in [6.45, 7) is 0. The molecular weight excluding hydrogens is 206 g/mol. The zero-order chi connectivity index (χ0) is 9.31. The van der Waals surface area contributed by atoms with Gasteiger partial charge in [-0.15, -0.1) is 0 Å². The monoisotopic (exact) mass is 213 g/mol. The molecule has 1 aromatic carbocycles.